The number of hydrogen-bond acceptors (Lipinski definition) is 3. The Morgan fingerprint density at radius 3 is 2.68 bits per heavy atom. The summed E-state index contributed by atoms with van der Waals surface area (Å²) in [6.45, 7) is 1.62. The number of rotatable bonds is 5. The van der Waals surface area contributed by atoms with Crippen LogP contribution in [0.5, 0.6) is 5.75 Å². The van der Waals surface area contributed by atoms with Crippen LogP contribution in [0.3, 0.4) is 0 Å². The average molecular weight is 319 g/mol. The molecule has 0 aliphatic heterocycles. The lowest BCUT2D eigenvalue weighted by Crippen LogP contribution is -2.22. The van der Waals surface area contributed by atoms with Gasteiger partial charge < -0.3 is 15.8 Å². The van der Waals surface area contributed by atoms with Crippen molar-refractivity contribution in [3.63, 3.8) is 0 Å². The summed E-state index contributed by atoms with van der Waals surface area (Å²) < 4.78 is 5.36. The third kappa shape index (κ3) is 3.99. The van der Waals surface area contributed by atoms with Gasteiger partial charge in [-0.2, -0.15) is 0 Å². The molecule has 0 aliphatic carbocycles. The van der Waals surface area contributed by atoms with Gasteiger partial charge >= 0.3 is 0 Å². The number of nitrogens with one attached hydrogen (secondary N) is 1. The number of amides is 2. The topological polar surface area (TPSA) is 81.4 Å². The third-order valence-corrected chi connectivity index (χ3v) is 3.22. The zero-order valence-corrected chi connectivity index (χ0v) is 12.7. The molecule has 0 unspecified atom stereocenters. The molecule has 22 heavy (non-hydrogen) atoms. The fraction of sp³-hybridized carbons (Fsp3) is 0.125. The van der Waals surface area contributed by atoms with Gasteiger partial charge in [-0.1, -0.05) is 29.8 Å². The van der Waals surface area contributed by atoms with Gasteiger partial charge in [-0.05, 0) is 36.8 Å². The van der Waals surface area contributed by atoms with Crippen molar-refractivity contribution in [1.29, 1.82) is 0 Å². The van der Waals surface area contributed by atoms with E-state index < -0.39 is 5.91 Å². The van der Waals surface area contributed by atoms with Gasteiger partial charge in [-0.15, -0.1) is 0 Å². The van der Waals surface area contributed by atoms with E-state index in [4.69, 9.17) is 22.1 Å². The van der Waals surface area contributed by atoms with E-state index in [1.807, 2.05) is 6.92 Å². The number of halogens is 1. The number of benzene rings is 2. The third-order valence-electron chi connectivity index (χ3n) is 2.98. The molecule has 0 aromatic heterocycles. The first-order valence-electron chi connectivity index (χ1n) is 6.55. The monoisotopic (exact) mass is 318 g/mol. The van der Waals surface area contributed by atoms with Crippen molar-refractivity contribution in [3.8, 4) is 5.75 Å². The summed E-state index contributed by atoms with van der Waals surface area (Å²) in [5, 5.41) is 3.23. The number of carbonyl (C=O) groups excluding carboxylic acids is 2. The minimum absolute atomic E-state index is 0.231. The van der Waals surface area contributed by atoms with E-state index in [1.54, 1.807) is 36.4 Å². The van der Waals surface area contributed by atoms with Crippen molar-refractivity contribution in [3.05, 3.63) is 58.6 Å². The Bertz CT molecular complexity index is 716. The van der Waals surface area contributed by atoms with Crippen molar-refractivity contribution in [2.45, 2.75) is 6.92 Å². The Morgan fingerprint density at radius 1 is 1.23 bits per heavy atom. The highest BCUT2D eigenvalue weighted by atomic mass is 35.5. The summed E-state index contributed by atoms with van der Waals surface area (Å²) in [6.07, 6.45) is 0. The second kappa shape index (κ2) is 6.95. The van der Waals surface area contributed by atoms with Crippen molar-refractivity contribution in [1.82, 2.24) is 0 Å². The number of ether oxygens (including phenoxy) is 1. The molecule has 5 nitrogen and oxygen atoms in total. The van der Waals surface area contributed by atoms with Crippen LogP contribution in [0.2, 0.25) is 5.02 Å². The second-order valence-corrected chi connectivity index (χ2v) is 5.09. The zero-order chi connectivity index (χ0) is 16.1. The van der Waals surface area contributed by atoms with Gasteiger partial charge in [0.15, 0.2) is 6.61 Å². The van der Waals surface area contributed by atoms with E-state index >= 15 is 0 Å². The van der Waals surface area contributed by atoms with Crippen LogP contribution in [0.15, 0.2) is 42.5 Å². The molecule has 0 radical (unpaired) electrons. The van der Waals surface area contributed by atoms with Gasteiger partial charge in [-0.25, -0.2) is 0 Å². The van der Waals surface area contributed by atoms with Crippen molar-refractivity contribution in [2.75, 3.05) is 11.9 Å². The highest BCUT2D eigenvalue weighted by molar-refractivity contribution is 6.31. The molecule has 3 N–H and O–H groups in total. The van der Waals surface area contributed by atoms with E-state index in [0.29, 0.717) is 10.7 Å². The van der Waals surface area contributed by atoms with Gasteiger partial charge in [-0.3, -0.25) is 9.59 Å². The van der Waals surface area contributed by atoms with E-state index in [-0.39, 0.29) is 23.8 Å². The van der Waals surface area contributed by atoms with Gasteiger partial charge in [0, 0.05) is 10.7 Å². The van der Waals surface area contributed by atoms with Gasteiger partial charge in [0.05, 0.1) is 5.56 Å². The van der Waals surface area contributed by atoms with Crippen LogP contribution < -0.4 is 15.8 Å². The van der Waals surface area contributed by atoms with E-state index in [9.17, 15) is 9.59 Å². The predicted octanol–water partition coefficient (Wildman–Crippen LogP) is 2.76. The molecule has 0 bridgehead atoms. The fourth-order valence-corrected chi connectivity index (χ4v) is 2.03. The highest BCUT2D eigenvalue weighted by Crippen LogP contribution is 2.20. The van der Waals surface area contributed by atoms with E-state index in [2.05, 4.69) is 5.32 Å². The molecule has 2 rings (SSSR count). The van der Waals surface area contributed by atoms with Crippen LogP contribution in [0.25, 0.3) is 0 Å². The molecule has 6 heteroatoms. The number of anilines is 1. The first-order valence-corrected chi connectivity index (χ1v) is 6.93. The molecule has 0 saturated carbocycles. The first kappa shape index (κ1) is 15.9. The maximum atomic E-state index is 11.9. The van der Waals surface area contributed by atoms with Crippen LogP contribution >= 0.6 is 11.6 Å². The lowest BCUT2D eigenvalue weighted by atomic mass is 10.2. The van der Waals surface area contributed by atoms with Crippen molar-refractivity contribution >= 4 is 29.1 Å². The minimum atomic E-state index is -0.610. The number of carbonyl (C=O) groups is 2. The Labute approximate surface area is 133 Å². The molecule has 2 aromatic rings. The highest BCUT2D eigenvalue weighted by Gasteiger charge is 2.11. The zero-order valence-electron chi connectivity index (χ0n) is 11.9. The Morgan fingerprint density at radius 2 is 1.95 bits per heavy atom. The normalized spacial score (nSPS) is 10.1. The molecule has 2 aromatic carbocycles. The lowest BCUT2D eigenvalue weighted by Gasteiger charge is -2.11. The Balaban J connectivity index is 2.02. The maximum absolute atomic E-state index is 11.9. The number of hydrogen-bond donors (Lipinski definition) is 2. The molecular formula is C16H15ClN2O3. The number of primary amides is 1. The quantitative estimate of drug-likeness (QED) is 0.889. The smallest absolute Gasteiger partial charge is 0.262 e. The summed E-state index contributed by atoms with van der Waals surface area (Å²) in [7, 11) is 0. The number of nitrogens with two attached hydrogens (primary N) is 1. The summed E-state index contributed by atoms with van der Waals surface area (Å²) in [6, 6.07) is 11.7. The first-order chi connectivity index (χ1) is 10.5. The van der Waals surface area contributed by atoms with Gasteiger partial charge in [0.1, 0.15) is 5.75 Å². The molecule has 2 amide bonds. The average Bonchev–Trinajstić information content (AvgIpc) is 2.49. The molecular weight excluding hydrogens is 304 g/mol. The Kier molecular flexibility index (Phi) is 5.01. The molecule has 0 atom stereocenters. The van der Waals surface area contributed by atoms with Crippen molar-refractivity contribution < 1.29 is 14.3 Å². The van der Waals surface area contributed by atoms with Crippen molar-refractivity contribution in [2.24, 2.45) is 5.73 Å². The lowest BCUT2D eigenvalue weighted by molar-refractivity contribution is -0.118. The van der Waals surface area contributed by atoms with Crippen LogP contribution in [-0.4, -0.2) is 18.4 Å². The SMILES string of the molecule is Cc1ccc(Cl)cc1NC(=O)COc1ccccc1C(N)=O. The molecule has 0 fully saturated rings. The Hall–Kier alpha value is -2.53. The van der Waals surface area contributed by atoms with E-state index in [0.717, 1.165) is 5.56 Å². The summed E-state index contributed by atoms with van der Waals surface area (Å²) >= 11 is 5.89. The van der Waals surface area contributed by atoms with Crippen LogP contribution in [0.4, 0.5) is 5.69 Å². The van der Waals surface area contributed by atoms with Gasteiger partial charge in [0.2, 0.25) is 0 Å². The maximum Gasteiger partial charge on any atom is 0.262 e. The van der Waals surface area contributed by atoms with Crippen LogP contribution in [0.1, 0.15) is 15.9 Å². The molecule has 0 saturated heterocycles. The fourth-order valence-electron chi connectivity index (χ4n) is 1.85. The summed E-state index contributed by atoms with van der Waals surface area (Å²) in [4.78, 5) is 23.2. The summed E-state index contributed by atoms with van der Waals surface area (Å²) in [5.41, 5.74) is 6.98. The summed E-state index contributed by atoms with van der Waals surface area (Å²) in [5.74, 6) is -0.695. The molecule has 0 heterocycles. The molecule has 0 aliphatic rings. The number of para-hydroxylation sites is 1. The van der Waals surface area contributed by atoms with E-state index in [1.165, 1.54) is 6.07 Å². The largest absolute Gasteiger partial charge is 0.483 e. The second-order valence-electron chi connectivity index (χ2n) is 4.66. The number of aryl methyl sites for hydroxylation is 1. The predicted molar refractivity (Wildman–Crippen MR) is 85.3 cm³/mol. The van der Waals surface area contributed by atoms with Crippen LogP contribution in [0, 0.1) is 6.92 Å². The van der Waals surface area contributed by atoms with Gasteiger partial charge in [0.25, 0.3) is 11.8 Å². The molecule has 114 valence electrons. The molecule has 0 spiro atoms. The van der Waals surface area contributed by atoms with Crippen LogP contribution in [-0.2, 0) is 4.79 Å². The standard InChI is InChI=1S/C16H15ClN2O3/c1-10-6-7-11(17)8-13(10)19-15(20)9-22-14-5-3-2-4-12(14)16(18)21/h2-8H,9H2,1H3,(H2,18,21)(H,19,20). The minimum Gasteiger partial charge on any atom is -0.483 e.